The second-order valence-corrected chi connectivity index (χ2v) is 6.16. The van der Waals surface area contributed by atoms with Crippen LogP contribution in [0.3, 0.4) is 0 Å². The predicted molar refractivity (Wildman–Crippen MR) is 90.2 cm³/mol. The number of nitrogens with two attached hydrogens (primary N) is 1. The molecule has 1 fully saturated rings. The molecule has 6 heteroatoms. The normalized spacial score (nSPS) is 15.2. The Bertz CT molecular complexity index is 492. The van der Waals surface area contributed by atoms with Gasteiger partial charge in [0.2, 0.25) is 5.91 Å². The fourth-order valence-corrected chi connectivity index (χ4v) is 2.58. The van der Waals surface area contributed by atoms with Crippen molar-refractivity contribution in [3.63, 3.8) is 0 Å². The van der Waals surface area contributed by atoms with Crippen LogP contribution in [0.4, 0.5) is 0 Å². The van der Waals surface area contributed by atoms with Crippen LogP contribution in [0, 0.1) is 0 Å². The van der Waals surface area contributed by atoms with E-state index in [9.17, 15) is 4.79 Å². The number of amides is 1. The number of carbonyl (C=O) groups excluding carboxylic acids is 1. The van der Waals surface area contributed by atoms with Gasteiger partial charge in [0.1, 0.15) is 0 Å². The zero-order valence-electron chi connectivity index (χ0n) is 12.0. The van der Waals surface area contributed by atoms with Gasteiger partial charge < -0.3 is 10.6 Å². The Kier molecular flexibility index (Phi) is 7.28. The van der Waals surface area contributed by atoms with Crippen LogP contribution in [0.5, 0.6) is 0 Å². The van der Waals surface area contributed by atoms with E-state index in [4.69, 9.17) is 28.9 Å². The highest BCUT2D eigenvalue weighted by molar-refractivity contribution is 6.42. The Labute approximate surface area is 142 Å². The van der Waals surface area contributed by atoms with E-state index in [0.717, 1.165) is 31.2 Å². The highest BCUT2D eigenvalue weighted by Gasteiger charge is 2.34. The van der Waals surface area contributed by atoms with Gasteiger partial charge >= 0.3 is 0 Å². The number of halogens is 3. The summed E-state index contributed by atoms with van der Waals surface area (Å²) < 4.78 is 0. The van der Waals surface area contributed by atoms with Crippen molar-refractivity contribution >= 4 is 41.5 Å². The lowest BCUT2D eigenvalue weighted by atomic mass is 10.1. The summed E-state index contributed by atoms with van der Waals surface area (Å²) in [6.45, 7) is 2.59. The zero-order valence-corrected chi connectivity index (χ0v) is 14.3. The first kappa shape index (κ1) is 18.6. The lowest BCUT2D eigenvalue weighted by Gasteiger charge is -2.26. The van der Waals surface area contributed by atoms with Gasteiger partial charge in [-0.15, -0.1) is 12.4 Å². The number of carbonyl (C=O) groups is 1. The van der Waals surface area contributed by atoms with E-state index in [1.807, 2.05) is 24.0 Å². The van der Waals surface area contributed by atoms with E-state index in [2.05, 4.69) is 0 Å². The number of rotatable bonds is 6. The maximum atomic E-state index is 12.4. The van der Waals surface area contributed by atoms with E-state index >= 15 is 0 Å². The largest absolute Gasteiger partial charge is 0.334 e. The molecule has 0 aliphatic heterocycles. The molecule has 0 spiro atoms. The highest BCUT2D eigenvalue weighted by atomic mass is 35.5. The van der Waals surface area contributed by atoms with E-state index in [-0.39, 0.29) is 18.3 Å². The van der Waals surface area contributed by atoms with Crippen molar-refractivity contribution in [1.82, 2.24) is 4.90 Å². The smallest absolute Gasteiger partial charge is 0.240 e. The molecule has 2 N–H and O–H groups in total. The number of benzene rings is 1. The fourth-order valence-electron chi connectivity index (χ4n) is 2.26. The monoisotopic (exact) mass is 350 g/mol. The molecule has 21 heavy (non-hydrogen) atoms. The zero-order chi connectivity index (χ0) is 14.7. The molecule has 0 saturated heterocycles. The molecule has 118 valence electrons. The third-order valence-electron chi connectivity index (χ3n) is 3.52. The van der Waals surface area contributed by atoms with Crippen molar-refractivity contribution in [1.29, 1.82) is 0 Å². The standard InChI is InChI=1S/C15H20Cl2N2O.ClH/c1-2-3-14(18)15(20)19(11-5-6-11)9-10-4-7-12(16)13(17)8-10;/h4,7-8,11,14H,2-3,5-6,9,18H2,1H3;1H. The molecule has 1 atom stereocenters. The predicted octanol–water partition coefficient (Wildman–Crippen LogP) is 4.03. The highest BCUT2D eigenvalue weighted by Crippen LogP contribution is 2.30. The first-order chi connectivity index (χ1) is 9.52. The van der Waals surface area contributed by atoms with Crippen LogP contribution < -0.4 is 5.73 Å². The summed E-state index contributed by atoms with van der Waals surface area (Å²) in [6, 6.07) is 5.42. The molecule has 0 aromatic heterocycles. The van der Waals surface area contributed by atoms with E-state index in [1.54, 1.807) is 6.07 Å². The van der Waals surface area contributed by atoms with Crippen LogP contribution in [-0.4, -0.2) is 22.9 Å². The van der Waals surface area contributed by atoms with Gasteiger partial charge in [-0.2, -0.15) is 0 Å². The summed E-state index contributed by atoms with van der Waals surface area (Å²) >= 11 is 11.9. The summed E-state index contributed by atoms with van der Waals surface area (Å²) in [5, 5.41) is 1.05. The number of hydrogen-bond donors (Lipinski definition) is 1. The minimum Gasteiger partial charge on any atom is -0.334 e. The Balaban J connectivity index is 0.00000220. The van der Waals surface area contributed by atoms with Gasteiger partial charge in [0.05, 0.1) is 16.1 Å². The van der Waals surface area contributed by atoms with Gasteiger partial charge in [0.15, 0.2) is 0 Å². The first-order valence-electron chi connectivity index (χ1n) is 7.03. The molecule has 0 radical (unpaired) electrons. The summed E-state index contributed by atoms with van der Waals surface area (Å²) in [6.07, 6.45) is 3.76. The van der Waals surface area contributed by atoms with Crippen LogP contribution in [0.15, 0.2) is 18.2 Å². The van der Waals surface area contributed by atoms with Crippen molar-refractivity contribution in [2.24, 2.45) is 5.73 Å². The van der Waals surface area contributed by atoms with Gasteiger partial charge in [-0.05, 0) is 37.0 Å². The van der Waals surface area contributed by atoms with Crippen molar-refractivity contribution in [3.05, 3.63) is 33.8 Å². The average Bonchev–Trinajstić information content (AvgIpc) is 3.24. The van der Waals surface area contributed by atoms with Gasteiger partial charge in [-0.1, -0.05) is 42.6 Å². The quantitative estimate of drug-likeness (QED) is 0.841. The number of nitrogens with zero attached hydrogens (tertiary/aromatic N) is 1. The minimum atomic E-state index is -0.400. The van der Waals surface area contributed by atoms with E-state index < -0.39 is 6.04 Å². The van der Waals surface area contributed by atoms with Crippen LogP contribution in [0.2, 0.25) is 10.0 Å². The molecule has 2 rings (SSSR count). The van der Waals surface area contributed by atoms with Gasteiger partial charge in [0.25, 0.3) is 0 Å². The SMILES string of the molecule is CCCC(N)C(=O)N(Cc1ccc(Cl)c(Cl)c1)C1CC1.Cl. The maximum Gasteiger partial charge on any atom is 0.240 e. The molecule has 1 aliphatic carbocycles. The Morgan fingerprint density at radius 3 is 2.57 bits per heavy atom. The third kappa shape index (κ3) is 5.03. The number of hydrogen-bond acceptors (Lipinski definition) is 2. The van der Waals surface area contributed by atoms with Crippen molar-refractivity contribution < 1.29 is 4.79 Å². The molecule has 3 nitrogen and oxygen atoms in total. The topological polar surface area (TPSA) is 46.3 Å². The van der Waals surface area contributed by atoms with Crippen LogP contribution in [-0.2, 0) is 11.3 Å². The van der Waals surface area contributed by atoms with Gasteiger partial charge in [-0.3, -0.25) is 4.79 Å². The van der Waals surface area contributed by atoms with Crippen LogP contribution >= 0.6 is 35.6 Å². The molecular weight excluding hydrogens is 331 g/mol. The Hall–Kier alpha value is -0.480. The Morgan fingerprint density at radius 1 is 1.38 bits per heavy atom. The van der Waals surface area contributed by atoms with Crippen LogP contribution in [0.25, 0.3) is 0 Å². The second-order valence-electron chi connectivity index (χ2n) is 5.34. The third-order valence-corrected chi connectivity index (χ3v) is 4.26. The maximum absolute atomic E-state index is 12.4. The fraction of sp³-hybridized carbons (Fsp3) is 0.533. The average molecular weight is 352 g/mol. The molecule has 1 aliphatic rings. The van der Waals surface area contributed by atoms with Crippen molar-refractivity contribution in [2.45, 2.75) is 51.2 Å². The van der Waals surface area contributed by atoms with E-state index in [0.29, 0.717) is 22.6 Å². The molecule has 1 aromatic carbocycles. The Morgan fingerprint density at radius 2 is 2.05 bits per heavy atom. The molecule has 0 heterocycles. The lowest BCUT2D eigenvalue weighted by molar-refractivity contribution is -0.134. The summed E-state index contributed by atoms with van der Waals surface area (Å²) in [5.41, 5.74) is 6.95. The molecule has 1 saturated carbocycles. The van der Waals surface area contributed by atoms with Crippen LogP contribution in [0.1, 0.15) is 38.2 Å². The molecular formula is C15H21Cl3N2O. The van der Waals surface area contributed by atoms with Gasteiger partial charge in [0, 0.05) is 12.6 Å². The summed E-state index contributed by atoms with van der Waals surface area (Å²) in [7, 11) is 0. The summed E-state index contributed by atoms with van der Waals surface area (Å²) in [4.78, 5) is 14.3. The van der Waals surface area contributed by atoms with Crippen molar-refractivity contribution in [3.8, 4) is 0 Å². The molecule has 1 amide bonds. The molecule has 0 bridgehead atoms. The van der Waals surface area contributed by atoms with Crippen molar-refractivity contribution in [2.75, 3.05) is 0 Å². The summed E-state index contributed by atoms with van der Waals surface area (Å²) in [5.74, 6) is 0.0421. The second kappa shape index (κ2) is 8.23. The van der Waals surface area contributed by atoms with E-state index in [1.165, 1.54) is 0 Å². The first-order valence-corrected chi connectivity index (χ1v) is 7.78. The lowest BCUT2D eigenvalue weighted by Crippen LogP contribution is -2.44. The minimum absolute atomic E-state index is 0. The van der Waals surface area contributed by atoms with Gasteiger partial charge in [-0.25, -0.2) is 0 Å². The molecule has 1 unspecified atom stereocenters. The molecule has 1 aromatic rings.